The third-order valence-corrected chi connectivity index (χ3v) is 6.41. The number of carbonyl (C=O) groups excluding carboxylic acids is 2. The molecule has 35 heavy (non-hydrogen) atoms. The summed E-state index contributed by atoms with van der Waals surface area (Å²) in [5.74, 6) is -0.467. The fourth-order valence-electron chi connectivity index (χ4n) is 4.74. The van der Waals surface area contributed by atoms with Crippen LogP contribution in [0.3, 0.4) is 0 Å². The van der Waals surface area contributed by atoms with Crippen molar-refractivity contribution < 1.29 is 24.5 Å². The Kier molecular flexibility index (Phi) is 7.38. The number of amides is 2. The highest BCUT2D eigenvalue weighted by molar-refractivity contribution is 5.96. The molecule has 4 rings (SSSR count). The van der Waals surface area contributed by atoms with Gasteiger partial charge in [0.1, 0.15) is 18.0 Å². The van der Waals surface area contributed by atoms with Gasteiger partial charge in [0, 0.05) is 30.3 Å². The molecule has 2 aromatic rings. The molecule has 2 aliphatic rings. The largest absolute Gasteiger partial charge is 0.486 e. The maximum atomic E-state index is 13.4. The molecule has 1 heterocycles. The number of aryl methyl sites for hydroxylation is 1. The number of nitrogens with zero attached hydrogens (tertiary/aromatic N) is 1. The molecule has 1 aliphatic carbocycles. The van der Waals surface area contributed by atoms with Gasteiger partial charge < -0.3 is 25.2 Å². The molecule has 7 heteroatoms. The van der Waals surface area contributed by atoms with Crippen molar-refractivity contribution in [3.05, 3.63) is 88.5 Å². The Morgan fingerprint density at radius 2 is 1.83 bits per heavy atom. The number of aliphatic hydroxyl groups is 2. The van der Waals surface area contributed by atoms with Crippen molar-refractivity contribution in [1.82, 2.24) is 10.2 Å². The zero-order chi connectivity index (χ0) is 25.1. The molecule has 2 aromatic carbocycles. The van der Waals surface area contributed by atoms with Crippen molar-refractivity contribution >= 4 is 11.8 Å². The van der Waals surface area contributed by atoms with E-state index in [1.807, 2.05) is 69.3 Å². The van der Waals surface area contributed by atoms with Crippen molar-refractivity contribution in [2.75, 3.05) is 13.2 Å². The summed E-state index contributed by atoms with van der Waals surface area (Å²) in [4.78, 5) is 28.1. The van der Waals surface area contributed by atoms with Crippen LogP contribution in [0.2, 0.25) is 0 Å². The fourth-order valence-corrected chi connectivity index (χ4v) is 4.74. The smallest absolute Gasteiger partial charge is 0.247 e. The number of benzene rings is 2. The van der Waals surface area contributed by atoms with Gasteiger partial charge in [-0.05, 0) is 38.5 Å². The number of hydrogen-bond donors (Lipinski definition) is 3. The molecule has 0 bridgehead atoms. The molecule has 0 aromatic heterocycles. The number of rotatable bonds is 7. The van der Waals surface area contributed by atoms with Crippen LogP contribution in [0.1, 0.15) is 36.5 Å². The van der Waals surface area contributed by atoms with E-state index >= 15 is 0 Å². The van der Waals surface area contributed by atoms with Crippen molar-refractivity contribution in [1.29, 1.82) is 0 Å². The van der Waals surface area contributed by atoms with Gasteiger partial charge in [0.05, 0.1) is 18.6 Å². The van der Waals surface area contributed by atoms with Crippen LogP contribution < -0.4 is 10.1 Å². The standard InChI is InChI=1S/C28H32N2O5/c1-17(2)14-24(32)30(16-19-10-8-18(3)9-11-19)22-15-21(28(34)29-12-13-31)25-20-6-4-5-7-23(20)35-27(25)26(22)33/h4-11,14-15,22,25-27,31,33H,12-13,16H2,1-3H3,(H,29,34). The van der Waals surface area contributed by atoms with E-state index in [0.717, 1.165) is 22.3 Å². The molecule has 0 fully saturated rings. The SMILES string of the molecule is CC(C)=CC(=O)N(Cc1ccc(C)cc1)C1C=C(C(=O)NCCO)C2c3ccccc3OC2C1O. The van der Waals surface area contributed by atoms with Gasteiger partial charge in [-0.15, -0.1) is 0 Å². The molecule has 1 aliphatic heterocycles. The second kappa shape index (κ2) is 10.5. The quantitative estimate of drug-likeness (QED) is 0.534. The van der Waals surface area contributed by atoms with Crippen molar-refractivity contribution in [2.45, 2.75) is 51.5 Å². The van der Waals surface area contributed by atoms with Gasteiger partial charge >= 0.3 is 0 Å². The lowest BCUT2D eigenvalue weighted by Crippen LogP contribution is -2.55. The molecule has 184 valence electrons. The van der Waals surface area contributed by atoms with Crippen LogP contribution in [0.4, 0.5) is 0 Å². The van der Waals surface area contributed by atoms with Crippen LogP contribution in [0.15, 0.2) is 71.8 Å². The Hall–Kier alpha value is -3.42. The van der Waals surface area contributed by atoms with Gasteiger partial charge in [0.25, 0.3) is 0 Å². The molecule has 0 saturated heterocycles. The predicted octanol–water partition coefficient (Wildman–Crippen LogP) is 2.61. The average Bonchev–Trinajstić information content (AvgIpc) is 3.22. The zero-order valence-corrected chi connectivity index (χ0v) is 20.3. The van der Waals surface area contributed by atoms with Gasteiger partial charge in [-0.25, -0.2) is 0 Å². The van der Waals surface area contributed by atoms with Crippen LogP contribution in [-0.2, 0) is 16.1 Å². The monoisotopic (exact) mass is 476 g/mol. The molecule has 2 amide bonds. The van der Waals surface area contributed by atoms with Crippen LogP contribution in [0.25, 0.3) is 0 Å². The maximum Gasteiger partial charge on any atom is 0.247 e. The van der Waals surface area contributed by atoms with Gasteiger partial charge in [0.15, 0.2) is 0 Å². The van der Waals surface area contributed by atoms with E-state index in [2.05, 4.69) is 5.32 Å². The van der Waals surface area contributed by atoms with Gasteiger partial charge in [0.2, 0.25) is 11.8 Å². The third-order valence-electron chi connectivity index (χ3n) is 6.41. The van der Waals surface area contributed by atoms with Crippen LogP contribution in [0, 0.1) is 6.92 Å². The molecular weight excluding hydrogens is 444 g/mol. The summed E-state index contributed by atoms with van der Waals surface area (Å²) in [6, 6.07) is 14.5. The highest BCUT2D eigenvalue weighted by Crippen LogP contribution is 2.47. The Balaban J connectivity index is 1.77. The molecule has 7 nitrogen and oxygen atoms in total. The average molecular weight is 477 g/mol. The van der Waals surface area contributed by atoms with Crippen molar-refractivity contribution in [2.24, 2.45) is 0 Å². The summed E-state index contributed by atoms with van der Waals surface area (Å²) in [7, 11) is 0. The summed E-state index contributed by atoms with van der Waals surface area (Å²) < 4.78 is 6.14. The topological polar surface area (TPSA) is 99.1 Å². The lowest BCUT2D eigenvalue weighted by atomic mass is 9.77. The van der Waals surface area contributed by atoms with E-state index < -0.39 is 24.2 Å². The normalized spacial score (nSPS) is 22.3. The molecular formula is C28H32N2O5. The molecule has 0 spiro atoms. The summed E-state index contributed by atoms with van der Waals surface area (Å²) in [5.41, 5.74) is 4.09. The first-order valence-electron chi connectivity index (χ1n) is 11.9. The predicted molar refractivity (Wildman–Crippen MR) is 133 cm³/mol. The second-order valence-electron chi connectivity index (χ2n) is 9.35. The van der Waals surface area contributed by atoms with Crippen molar-refractivity contribution in [3.63, 3.8) is 0 Å². The number of carbonyl (C=O) groups is 2. The Morgan fingerprint density at radius 3 is 2.51 bits per heavy atom. The van der Waals surface area contributed by atoms with E-state index in [1.54, 1.807) is 11.0 Å². The molecule has 0 radical (unpaired) electrons. The van der Waals surface area contributed by atoms with Crippen molar-refractivity contribution in [3.8, 4) is 5.75 Å². The number of nitrogens with one attached hydrogen (secondary N) is 1. The van der Waals surface area contributed by atoms with Gasteiger partial charge in [-0.1, -0.05) is 53.6 Å². The second-order valence-corrected chi connectivity index (χ2v) is 9.35. The minimum absolute atomic E-state index is 0.104. The summed E-state index contributed by atoms with van der Waals surface area (Å²) >= 11 is 0. The minimum atomic E-state index is -1.05. The maximum absolute atomic E-state index is 13.4. The fraction of sp³-hybridized carbons (Fsp3) is 0.357. The van der Waals surface area contributed by atoms with E-state index in [0.29, 0.717) is 11.3 Å². The molecule has 4 atom stereocenters. The molecule has 3 N–H and O–H groups in total. The van der Waals surface area contributed by atoms with Crippen LogP contribution in [-0.4, -0.2) is 58.3 Å². The number of para-hydroxylation sites is 1. The van der Waals surface area contributed by atoms with E-state index in [1.165, 1.54) is 6.08 Å². The number of aliphatic hydroxyl groups excluding tert-OH is 2. The van der Waals surface area contributed by atoms with E-state index in [9.17, 15) is 19.8 Å². The number of fused-ring (bicyclic) bond motifs is 3. The first kappa shape index (κ1) is 24.7. The zero-order valence-electron chi connectivity index (χ0n) is 20.3. The van der Waals surface area contributed by atoms with E-state index in [-0.39, 0.29) is 31.5 Å². The molecule has 0 saturated carbocycles. The first-order chi connectivity index (χ1) is 16.8. The number of ether oxygens (including phenoxy) is 1. The number of hydrogen-bond acceptors (Lipinski definition) is 5. The Bertz CT molecular complexity index is 1150. The summed E-state index contributed by atoms with van der Waals surface area (Å²) in [6.45, 7) is 5.86. The highest BCUT2D eigenvalue weighted by atomic mass is 16.5. The Labute approximate surface area is 205 Å². The summed E-state index contributed by atoms with van der Waals surface area (Å²) in [5, 5.41) is 23.5. The lowest BCUT2D eigenvalue weighted by Gasteiger charge is -2.40. The van der Waals surface area contributed by atoms with Gasteiger partial charge in [-0.2, -0.15) is 0 Å². The lowest BCUT2D eigenvalue weighted by molar-refractivity contribution is -0.133. The van der Waals surface area contributed by atoms with Gasteiger partial charge in [-0.3, -0.25) is 9.59 Å². The minimum Gasteiger partial charge on any atom is -0.486 e. The Morgan fingerprint density at radius 1 is 1.11 bits per heavy atom. The first-order valence-corrected chi connectivity index (χ1v) is 11.9. The highest BCUT2D eigenvalue weighted by Gasteiger charge is 2.50. The third kappa shape index (κ3) is 5.16. The van der Waals surface area contributed by atoms with Crippen LogP contribution >= 0.6 is 0 Å². The summed E-state index contributed by atoms with van der Waals surface area (Å²) in [6.07, 6.45) is 1.45. The van der Waals surface area contributed by atoms with E-state index in [4.69, 9.17) is 4.74 Å². The van der Waals surface area contributed by atoms with Crippen LogP contribution in [0.5, 0.6) is 5.75 Å². The molecule has 4 unspecified atom stereocenters. The number of allylic oxidation sites excluding steroid dienone is 1.